The van der Waals surface area contributed by atoms with Gasteiger partial charge in [0.1, 0.15) is 6.33 Å². The lowest BCUT2D eigenvalue weighted by atomic mass is 9.96. The average molecular weight is 419 g/mol. The molecule has 0 unspecified atom stereocenters. The van der Waals surface area contributed by atoms with Crippen molar-refractivity contribution in [2.45, 2.75) is 13.3 Å². The molecule has 2 aromatic heterocycles. The summed E-state index contributed by atoms with van der Waals surface area (Å²) in [5, 5.41) is 6.75. The average Bonchev–Trinajstić information content (AvgIpc) is 3.35. The molecular weight excluding hydrogens is 396 g/mol. The molecule has 0 spiro atoms. The second-order valence-electron chi connectivity index (χ2n) is 7.86. The Kier molecular flexibility index (Phi) is 5.22. The number of aromatic amines is 2. The van der Waals surface area contributed by atoms with Crippen LogP contribution in [0.25, 0.3) is 33.8 Å². The lowest BCUT2D eigenvalue weighted by Crippen LogP contribution is -2.12. The van der Waals surface area contributed by atoms with E-state index in [1.54, 1.807) is 0 Å². The number of nitrogens with zero attached hydrogens (tertiary/aromatic N) is 2. The summed E-state index contributed by atoms with van der Waals surface area (Å²) in [6.45, 7) is 2.04. The minimum atomic E-state index is -0.205. The molecule has 156 valence electrons. The van der Waals surface area contributed by atoms with Gasteiger partial charge in [-0.25, -0.2) is 4.98 Å². The molecule has 0 aliphatic carbocycles. The van der Waals surface area contributed by atoms with Gasteiger partial charge in [-0.1, -0.05) is 84.4 Å². The van der Waals surface area contributed by atoms with Gasteiger partial charge in [-0.15, -0.1) is 0 Å². The van der Waals surface area contributed by atoms with Crippen LogP contribution in [0.2, 0.25) is 0 Å². The third-order valence-electron chi connectivity index (χ3n) is 5.56. The second kappa shape index (κ2) is 8.47. The van der Waals surface area contributed by atoms with Crippen molar-refractivity contribution in [3.8, 4) is 33.8 Å². The van der Waals surface area contributed by atoms with Gasteiger partial charge < -0.3 is 4.98 Å². The fourth-order valence-electron chi connectivity index (χ4n) is 3.87. The molecule has 5 rings (SSSR count). The van der Waals surface area contributed by atoms with Crippen LogP contribution in [0.5, 0.6) is 0 Å². The van der Waals surface area contributed by atoms with Crippen molar-refractivity contribution in [1.82, 2.24) is 20.2 Å². The summed E-state index contributed by atoms with van der Waals surface area (Å²) in [5.74, 6) is 0.451. The first kappa shape index (κ1) is 19.7. The van der Waals surface area contributed by atoms with Gasteiger partial charge in [0.05, 0.1) is 5.56 Å². The van der Waals surface area contributed by atoms with E-state index in [0.29, 0.717) is 11.4 Å². The maximum atomic E-state index is 13.1. The molecule has 0 fully saturated rings. The normalized spacial score (nSPS) is 10.9. The monoisotopic (exact) mass is 418 g/mol. The zero-order chi connectivity index (χ0) is 21.9. The summed E-state index contributed by atoms with van der Waals surface area (Å²) < 4.78 is 0. The van der Waals surface area contributed by atoms with Gasteiger partial charge in [-0.05, 0) is 41.7 Å². The van der Waals surface area contributed by atoms with Crippen LogP contribution < -0.4 is 5.56 Å². The Hall–Kier alpha value is -4.25. The summed E-state index contributed by atoms with van der Waals surface area (Å²) in [6.07, 6.45) is 2.28. The first-order chi connectivity index (χ1) is 15.7. The van der Waals surface area contributed by atoms with Crippen molar-refractivity contribution in [1.29, 1.82) is 0 Å². The number of pyridine rings is 1. The summed E-state index contributed by atoms with van der Waals surface area (Å²) in [5.41, 5.74) is 7.42. The molecule has 0 atom stereocenters. The van der Waals surface area contributed by atoms with Gasteiger partial charge in [0.15, 0.2) is 5.82 Å². The zero-order valence-corrected chi connectivity index (χ0v) is 17.7. The number of H-pyrrole nitrogens is 2. The molecule has 0 bridgehead atoms. The zero-order valence-electron chi connectivity index (χ0n) is 17.7. The van der Waals surface area contributed by atoms with Gasteiger partial charge in [0.25, 0.3) is 5.56 Å². The third-order valence-corrected chi connectivity index (χ3v) is 5.56. The quantitative estimate of drug-likeness (QED) is 0.402. The van der Waals surface area contributed by atoms with E-state index in [4.69, 9.17) is 0 Å². The van der Waals surface area contributed by atoms with Gasteiger partial charge in [-0.3, -0.25) is 9.89 Å². The van der Waals surface area contributed by atoms with Crippen molar-refractivity contribution in [2.75, 3.05) is 0 Å². The van der Waals surface area contributed by atoms with Crippen molar-refractivity contribution < 1.29 is 0 Å². The topological polar surface area (TPSA) is 74.4 Å². The highest BCUT2D eigenvalue weighted by atomic mass is 16.1. The van der Waals surface area contributed by atoms with Crippen LogP contribution >= 0.6 is 0 Å². The molecular formula is C27H22N4O. The first-order valence-corrected chi connectivity index (χ1v) is 10.5. The van der Waals surface area contributed by atoms with Gasteiger partial charge in [-0.2, -0.15) is 5.10 Å². The van der Waals surface area contributed by atoms with Gasteiger partial charge >= 0.3 is 0 Å². The van der Waals surface area contributed by atoms with Crippen LogP contribution in [-0.2, 0) is 6.42 Å². The number of aromatic nitrogens is 4. The van der Waals surface area contributed by atoms with Crippen molar-refractivity contribution in [2.24, 2.45) is 0 Å². The minimum Gasteiger partial charge on any atom is -0.321 e. The second-order valence-corrected chi connectivity index (χ2v) is 7.86. The molecule has 0 aliphatic rings. The molecule has 3 aromatic carbocycles. The lowest BCUT2D eigenvalue weighted by Gasteiger charge is -2.11. The Labute approximate surface area is 185 Å². The van der Waals surface area contributed by atoms with E-state index < -0.39 is 0 Å². The largest absolute Gasteiger partial charge is 0.321 e. The highest BCUT2D eigenvalue weighted by Crippen LogP contribution is 2.31. The van der Waals surface area contributed by atoms with E-state index in [-0.39, 0.29) is 5.56 Å². The van der Waals surface area contributed by atoms with E-state index >= 15 is 0 Å². The van der Waals surface area contributed by atoms with Crippen LogP contribution in [0.1, 0.15) is 16.7 Å². The molecule has 0 saturated heterocycles. The van der Waals surface area contributed by atoms with Crippen molar-refractivity contribution >= 4 is 0 Å². The predicted octanol–water partition coefficient (Wildman–Crippen LogP) is 5.39. The molecule has 5 nitrogen and oxygen atoms in total. The molecule has 2 heterocycles. The van der Waals surface area contributed by atoms with E-state index in [2.05, 4.69) is 68.7 Å². The SMILES string of the molecule is Cc1ccc(-c2cc(-c3ccc(Cc4ccccc4)cc3)[nH]c(=O)c2-c2ncn[nH]2)cc1. The molecule has 5 heteroatoms. The smallest absolute Gasteiger partial charge is 0.260 e. The Morgan fingerprint density at radius 2 is 1.50 bits per heavy atom. The number of hydrogen-bond donors (Lipinski definition) is 2. The molecule has 0 radical (unpaired) electrons. The number of benzene rings is 3. The summed E-state index contributed by atoms with van der Waals surface area (Å²) in [7, 11) is 0. The van der Waals surface area contributed by atoms with Gasteiger partial charge in [0.2, 0.25) is 0 Å². The van der Waals surface area contributed by atoms with Crippen LogP contribution in [0.15, 0.2) is 96.1 Å². The standard InChI is InChI=1S/C27H22N4O/c1-18-7-11-21(12-8-18)23-16-24(30-27(32)25(23)26-28-17-29-31-26)22-13-9-20(10-14-22)15-19-5-3-2-4-6-19/h2-14,16-17H,15H2,1H3,(H,30,32)(H,28,29,31). The first-order valence-electron chi connectivity index (χ1n) is 10.5. The van der Waals surface area contributed by atoms with E-state index in [1.165, 1.54) is 17.5 Å². The summed E-state index contributed by atoms with van der Waals surface area (Å²) in [4.78, 5) is 20.4. The van der Waals surface area contributed by atoms with Crippen LogP contribution in [0.4, 0.5) is 0 Å². The number of rotatable bonds is 5. The van der Waals surface area contributed by atoms with Crippen LogP contribution in [0, 0.1) is 6.92 Å². The molecule has 0 saturated carbocycles. The maximum absolute atomic E-state index is 13.1. The Bertz CT molecular complexity index is 1390. The van der Waals surface area contributed by atoms with E-state index in [0.717, 1.165) is 34.4 Å². The van der Waals surface area contributed by atoms with Gasteiger partial charge in [0, 0.05) is 11.3 Å². The summed E-state index contributed by atoms with van der Waals surface area (Å²) in [6, 6.07) is 28.8. The van der Waals surface area contributed by atoms with Crippen molar-refractivity contribution in [3.63, 3.8) is 0 Å². The predicted molar refractivity (Wildman–Crippen MR) is 127 cm³/mol. The molecule has 0 amide bonds. The molecule has 2 N–H and O–H groups in total. The Balaban J connectivity index is 1.56. The van der Waals surface area contributed by atoms with Crippen molar-refractivity contribution in [3.05, 3.63) is 118 Å². The fraction of sp³-hybridized carbons (Fsp3) is 0.0741. The lowest BCUT2D eigenvalue weighted by molar-refractivity contribution is 1.09. The van der Waals surface area contributed by atoms with Crippen LogP contribution in [-0.4, -0.2) is 20.2 Å². The summed E-state index contributed by atoms with van der Waals surface area (Å²) >= 11 is 0. The highest BCUT2D eigenvalue weighted by Gasteiger charge is 2.16. The van der Waals surface area contributed by atoms with E-state index in [9.17, 15) is 4.79 Å². The molecule has 32 heavy (non-hydrogen) atoms. The Morgan fingerprint density at radius 1 is 0.812 bits per heavy atom. The molecule has 5 aromatic rings. The van der Waals surface area contributed by atoms with E-state index in [1.807, 2.05) is 43.3 Å². The Morgan fingerprint density at radius 3 is 2.19 bits per heavy atom. The number of aryl methyl sites for hydroxylation is 1. The third kappa shape index (κ3) is 4.01. The van der Waals surface area contributed by atoms with Crippen LogP contribution in [0.3, 0.4) is 0 Å². The highest BCUT2D eigenvalue weighted by molar-refractivity contribution is 5.83. The maximum Gasteiger partial charge on any atom is 0.260 e. The number of nitrogens with one attached hydrogen (secondary N) is 2. The number of hydrogen-bond acceptors (Lipinski definition) is 3. The molecule has 0 aliphatic heterocycles. The fourth-order valence-corrected chi connectivity index (χ4v) is 3.87. The minimum absolute atomic E-state index is 0.205.